The summed E-state index contributed by atoms with van der Waals surface area (Å²) in [6.07, 6.45) is 2.49. The number of benzene rings is 4. The van der Waals surface area contributed by atoms with E-state index in [-0.39, 0.29) is 6.04 Å². The highest BCUT2D eigenvalue weighted by atomic mass is 15.1. The fourth-order valence-electron chi connectivity index (χ4n) is 4.85. The van der Waals surface area contributed by atoms with Crippen molar-refractivity contribution >= 4 is 5.69 Å². The van der Waals surface area contributed by atoms with Crippen molar-refractivity contribution in [1.29, 1.82) is 0 Å². The predicted molar refractivity (Wildman–Crippen MR) is 139 cm³/mol. The molecule has 0 radical (unpaired) electrons. The normalized spacial score (nSPS) is 16.8. The first-order chi connectivity index (χ1) is 16.8. The highest BCUT2D eigenvalue weighted by Gasteiger charge is 2.21. The number of likely N-dealkylation sites (tertiary alicyclic amines) is 1. The van der Waals surface area contributed by atoms with Crippen LogP contribution in [-0.4, -0.2) is 18.0 Å². The second-order valence-electron chi connectivity index (χ2n) is 9.09. The summed E-state index contributed by atoms with van der Waals surface area (Å²) in [5, 5.41) is 9.38. The van der Waals surface area contributed by atoms with E-state index in [1.54, 1.807) is 0 Å². The Morgan fingerprint density at radius 3 is 1.91 bits per heavy atom. The van der Waals surface area contributed by atoms with Gasteiger partial charge in [0.25, 0.3) is 0 Å². The molecule has 1 fully saturated rings. The van der Waals surface area contributed by atoms with E-state index < -0.39 is 0 Å². The van der Waals surface area contributed by atoms with Crippen LogP contribution in [-0.2, 0) is 6.54 Å². The van der Waals surface area contributed by atoms with E-state index >= 15 is 0 Å². The molecule has 1 aliphatic rings. The van der Waals surface area contributed by atoms with Crippen LogP contribution in [0.5, 0.6) is 0 Å². The lowest BCUT2D eigenvalue weighted by molar-refractivity contribution is 0.200. The first kappa shape index (κ1) is 22.2. The van der Waals surface area contributed by atoms with Crippen molar-refractivity contribution in [3.63, 3.8) is 0 Å². The molecule has 1 atom stereocenters. The maximum Gasteiger partial charge on any atom is 0.121 e. The number of nitrogens with zero attached hydrogens (tertiary/aromatic N) is 3. The topological polar surface area (TPSA) is 28.0 Å². The van der Waals surface area contributed by atoms with Crippen LogP contribution in [0.15, 0.2) is 125 Å². The highest BCUT2D eigenvalue weighted by Crippen LogP contribution is 2.31. The zero-order chi connectivity index (χ0) is 23.0. The summed E-state index contributed by atoms with van der Waals surface area (Å²) in [6.45, 7) is 3.32. The van der Waals surface area contributed by atoms with Gasteiger partial charge in [0.2, 0.25) is 0 Å². The molecule has 0 spiro atoms. The largest absolute Gasteiger partial charge is 0.298 e. The maximum atomic E-state index is 4.75. The molecule has 0 aromatic heterocycles. The van der Waals surface area contributed by atoms with Gasteiger partial charge in [-0.2, -0.15) is 10.2 Å². The summed E-state index contributed by atoms with van der Waals surface area (Å²) >= 11 is 0. The zero-order valence-electron chi connectivity index (χ0n) is 19.5. The van der Waals surface area contributed by atoms with E-state index in [0.717, 1.165) is 29.9 Å². The second-order valence-corrected chi connectivity index (χ2v) is 9.09. The number of piperidine rings is 1. The third kappa shape index (κ3) is 5.67. The Kier molecular flexibility index (Phi) is 7.22. The molecular formula is C31H31N3. The maximum absolute atomic E-state index is 4.75. The Labute approximate surface area is 202 Å². The van der Waals surface area contributed by atoms with Crippen LogP contribution in [0, 0.1) is 0 Å². The third-order valence-corrected chi connectivity index (χ3v) is 6.64. The molecule has 1 heterocycles. The molecule has 0 aliphatic carbocycles. The Morgan fingerprint density at radius 2 is 1.29 bits per heavy atom. The van der Waals surface area contributed by atoms with E-state index in [4.69, 9.17) is 5.11 Å². The quantitative estimate of drug-likeness (QED) is 0.265. The van der Waals surface area contributed by atoms with Gasteiger partial charge in [-0.1, -0.05) is 103 Å². The predicted octanol–water partition coefficient (Wildman–Crippen LogP) is 7.94. The van der Waals surface area contributed by atoms with Crippen LogP contribution in [0.2, 0.25) is 0 Å². The molecule has 3 nitrogen and oxygen atoms in total. The van der Waals surface area contributed by atoms with Crippen LogP contribution >= 0.6 is 0 Å². The van der Waals surface area contributed by atoms with Gasteiger partial charge in [0.05, 0.1) is 5.69 Å². The van der Waals surface area contributed by atoms with Gasteiger partial charge in [-0.25, -0.2) is 0 Å². The molecule has 4 aromatic carbocycles. The van der Waals surface area contributed by atoms with E-state index in [2.05, 4.69) is 113 Å². The standard InChI is InChI=1S/C31H31N3/c1-4-11-25(12-5-1)23-34-22-10-17-29(24-34)26-18-20-30(21-19-26)32-33-31(27-13-6-2-7-14-27)28-15-8-3-9-16-28/h1-9,11-16,18-21,29,31H,10,17,22-24H2. The SMILES string of the molecule is c1ccc(CN2CCCC(c3ccc(N=NC(c4ccccc4)c4ccccc4)cc3)C2)cc1. The smallest absolute Gasteiger partial charge is 0.121 e. The third-order valence-electron chi connectivity index (χ3n) is 6.64. The molecular weight excluding hydrogens is 414 g/mol. The molecule has 0 amide bonds. The van der Waals surface area contributed by atoms with Crippen LogP contribution in [0.3, 0.4) is 0 Å². The molecule has 1 saturated heterocycles. The lowest BCUT2D eigenvalue weighted by atomic mass is 9.90. The van der Waals surface area contributed by atoms with Gasteiger partial charge in [-0.15, -0.1) is 0 Å². The fourth-order valence-corrected chi connectivity index (χ4v) is 4.85. The van der Waals surface area contributed by atoms with Crippen molar-refractivity contribution in [3.05, 3.63) is 138 Å². The molecule has 34 heavy (non-hydrogen) atoms. The van der Waals surface area contributed by atoms with Gasteiger partial charge in [0, 0.05) is 13.1 Å². The Morgan fingerprint density at radius 1 is 0.706 bits per heavy atom. The van der Waals surface area contributed by atoms with Crippen molar-refractivity contribution in [2.45, 2.75) is 31.3 Å². The highest BCUT2D eigenvalue weighted by molar-refractivity contribution is 5.40. The summed E-state index contributed by atoms with van der Waals surface area (Å²) in [7, 11) is 0. The lowest BCUT2D eigenvalue weighted by Crippen LogP contribution is -2.33. The zero-order valence-corrected chi connectivity index (χ0v) is 19.5. The van der Waals surface area contributed by atoms with E-state index in [9.17, 15) is 0 Å². The number of azo groups is 1. The second kappa shape index (κ2) is 11.0. The van der Waals surface area contributed by atoms with Crippen molar-refractivity contribution in [2.75, 3.05) is 13.1 Å². The average molecular weight is 446 g/mol. The summed E-state index contributed by atoms with van der Waals surface area (Å²) in [5.41, 5.74) is 5.99. The molecule has 0 saturated carbocycles. The van der Waals surface area contributed by atoms with Crippen molar-refractivity contribution in [1.82, 2.24) is 4.90 Å². The van der Waals surface area contributed by atoms with Gasteiger partial charge in [-0.3, -0.25) is 4.90 Å². The van der Waals surface area contributed by atoms with Crippen LogP contribution in [0.1, 0.15) is 47.1 Å². The monoisotopic (exact) mass is 445 g/mol. The van der Waals surface area contributed by atoms with Gasteiger partial charge in [0.15, 0.2) is 0 Å². The summed E-state index contributed by atoms with van der Waals surface area (Å²) in [4.78, 5) is 2.58. The summed E-state index contributed by atoms with van der Waals surface area (Å²) in [5.74, 6) is 0.574. The molecule has 0 bridgehead atoms. The average Bonchev–Trinajstić information content (AvgIpc) is 2.91. The van der Waals surface area contributed by atoms with Gasteiger partial charge < -0.3 is 0 Å². The molecule has 170 valence electrons. The molecule has 5 rings (SSSR count). The van der Waals surface area contributed by atoms with E-state index in [1.165, 1.54) is 30.5 Å². The molecule has 0 N–H and O–H groups in total. The Balaban J connectivity index is 1.28. The minimum absolute atomic E-state index is 0.105. The number of rotatable bonds is 7. The molecule has 3 heteroatoms. The van der Waals surface area contributed by atoms with E-state index in [0.29, 0.717) is 5.92 Å². The Bertz CT molecular complexity index is 1130. The molecule has 1 unspecified atom stereocenters. The van der Waals surface area contributed by atoms with Crippen LogP contribution in [0.25, 0.3) is 0 Å². The van der Waals surface area contributed by atoms with Crippen molar-refractivity contribution in [3.8, 4) is 0 Å². The fraction of sp³-hybridized carbons (Fsp3) is 0.226. The minimum Gasteiger partial charge on any atom is -0.298 e. The Hall–Kier alpha value is -3.56. The van der Waals surface area contributed by atoms with Crippen LogP contribution < -0.4 is 0 Å². The molecule has 4 aromatic rings. The summed E-state index contributed by atoms with van der Waals surface area (Å²) < 4.78 is 0. The number of hydrogen-bond acceptors (Lipinski definition) is 3. The number of hydrogen-bond donors (Lipinski definition) is 0. The van der Waals surface area contributed by atoms with Crippen LogP contribution in [0.4, 0.5) is 5.69 Å². The van der Waals surface area contributed by atoms with Crippen molar-refractivity contribution < 1.29 is 0 Å². The molecule has 1 aliphatic heterocycles. The van der Waals surface area contributed by atoms with Gasteiger partial charge >= 0.3 is 0 Å². The van der Waals surface area contributed by atoms with E-state index in [1.807, 2.05) is 12.1 Å². The van der Waals surface area contributed by atoms with Gasteiger partial charge in [0.1, 0.15) is 6.04 Å². The summed E-state index contributed by atoms with van der Waals surface area (Å²) in [6, 6.07) is 40.2. The lowest BCUT2D eigenvalue weighted by Gasteiger charge is -2.33. The van der Waals surface area contributed by atoms with Gasteiger partial charge in [-0.05, 0) is 59.7 Å². The first-order valence-electron chi connectivity index (χ1n) is 12.2. The first-order valence-corrected chi connectivity index (χ1v) is 12.2. The van der Waals surface area contributed by atoms with Crippen molar-refractivity contribution in [2.24, 2.45) is 10.2 Å². The minimum atomic E-state index is -0.105.